The zero-order valence-corrected chi connectivity index (χ0v) is 17.4. The van der Waals surface area contributed by atoms with Gasteiger partial charge in [-0.05, 0) is 54.7 Å². The number of nitrogens with one attached hydrogen (secondary N) is 2. The van der Waals surface area contributed by atoms with Crippen molar-refractivity contribution in [2.75, 3.05) is 10.5 Å². The Balaban J connectivity index is 2.04. The van der Waals surface area contributed by atoms with Gasteiger partial charge in [-0.2, -0.15) is 0 Å². The number of carbonyl (C=O) groups is 1. The van der Waals surface area contributed by atoms with Crippen molar-refractivity contribution in [1.29, 1.82) is 0 Å². The van der Waals surface area contributed by atoms with Crippen LogP contribution >= 0.6 is 0 Å². The van der Waals surface area contributed by atoms with E-state index in [4.69, 9.17) is 0 Å². The molecule has 27 heavy (non-hydrogen) atoms. The van der Waals surface area contributed by atoms with Gasteiger partial charge in [0.05, 0.1) is 11.8 Å². The van der Waals surface area contributed by atoms with Gasteiger partial charge >= 0.3 is 0 Å². The normalized spacial score (nSPS) is 13.1. The maximum Gasteiger partial charge on any atom is 0.251 e. The van der Waals surface area contributed by atoms with E-state index in [1.807, 2.05) is 19.1 Å². The second-order valence-electron chi connectivity index (χ2n) is 7.65. The molecule has 5 nitrogen and oxygen atoms in total. The van der Waals surface area contributed by atoms with Crippen LogP contribution in [0.25, 0.3) is 0 Å². The van der Waals surface area contributed by atoms with Crippen LogP contribution in [0.1, 0.15) is 62.1 Å². The predicted octanol–water partition coefficient (Wildman–Crippen LogP) is 4.24. The van der Waals surface area contributed by atoms with Crippen LogP contribution in [0.5, 0.6) is 0 Å². The largest absolute Gasteiger partial charge is 0.346 e. The lowest BCUT2D eigenvalue weighted by molar-refractivity contribution is 0.0940. The van der Waals surface area contributed by atoms with Crippen molar-refractivity contribution in [3.8, 4) is 0 Å². The fourth-order valence-corrected chi connectivity index (χ4v) is 3.22. The molecule has 146 valence electrons. The van der Waals surface area contributed by atoms with Crippen LogP contribution in [0.15, 0.2) is 48.5 Å². The molecule has 2 aromatic rings. The Morgan fingerprint density at radius 2 is 1.56 bits per heavy atom. The highest BCUT2D eigenvalue weighted by Gasteiger charge is 2.16. The van der Waals surface area contributed by atoms with Gasteiger partial charge in [0.15, 0.2) is 0 Å². The SMILES string of the molecule is CCS(=O)(=O)Nc1ccc(C(=O)NC(C)c2ccc(C(C)(C)C)cc2)cc1. The summed E-state index contributed by atoms with van der Waals surface area (Å²) in [4.78, 5) is 12.5. The van der Waals surface area contributed by atoms with Crippen molar-refractivity contribution in [3.63, 3.8) is 0 Å². The molecular weight excluding hydrogens is 360 g/mol. The Kier molecular flexibility index (Phi) is 6.31. The Bertz CT molecular complexity index is 881. The summed E-state index contributed by atoms with van der Waals surface area (Å²) in [6.45, 7) is 10.00. The predicted molar refractivity (Wildman–Crippen MR) is 111 cm³/mol. The third kappa shape index (κ3) is 5.82. The summed E-state index contributed by atoms with van der Waals surface area (Å²) in [7, 11) is -3.33. The van der Waals surface area contributed by atoms with E-state index < -0.39 is 10.0 Å². The first-order valence-electron chi connectivity index (χ1n) is 9.03. The summed E-state index contributed by atoms with van der Waals surface area (Å²) in [5, 5.41) is 2.97. The molecule has 0 aliphatic rings. The fourth-order valence-electron chi connectivity index (χ4n) is 2.58. The second-order valence-corrected chi connectivity index (χ2v) is 9.66. The summed E-state index contributed by atoms with van der Waals surface area (Å²) in [5.74, 6) is -0.201. The van der Waals surface area contributed by atoms with Crippen LogP contribution in [0, 0.1) is 0 Å². The number of carbonyl (C=O) groups excluding carboxylic acids is 1. The average Bonchev–Trinajstić information content (AvgIpc) is 2.61. The van der Waals surface area contributed by atoms with E-state index >= 15 is 0 Å². The summed E-state index contributed by atoms with van der Waals surface area (Å²) < 4.78 is 25.6. The van der Waals surface area contributed by atoms with Gasteiger partial charge in [-0.1, -0.05) is 45.0 Å². The molecule has 2 aromatic carbocycles. The van der Waals surface area contributed by atoms with Gasteiger partial charge in [-0.15, -0.1) is 0 Å². The van der Waals surface area contributed by atoms with E-state index in [2.05, 4.69) is 42.9 Å². The van der Waals surface area contributed by atoms with Gasteiger partial charge in [0, 0.05) is 11.3 Å². The Morgan fingerprint density at radius 1 is 1.00 bits per heavy atom. The Hall–Kier alpha value is -2.34. The number of benzene rings is 2. The van der Waals surface area contributed by atoms with E-state index in [1.165, 1.54) is 5.56 Å². The van der Waals surface area contributed by atoms with Crippen LogP contribution in [-0.4, -0.2) is 20.1 Å². The maximum atomic E-state index is 12.5. The molecule has 1 atom stereocenters. The van der Waals surface area contributed by atoms with Gasteiger partial charge in [-0.25, -0.2) is 8.42 Å². The molecule has 0 radical (unpaired) electrons. The second kappa shape index (κ2) is 8.13. The van der Waals surface area contributed by atoms with Crippen LogP contribution in [0.4, 0.5) is 5.69 Å². The number of hydrogen-bond donors (Lipinski definition) is 2. The number of anilines is 1. The minimum atomic E-state index is -3.33. The van der Waals surface area contributed by atoms with Crippen LogP contribution in [-0.2, 0) is 15.4 Å². The van der Waals surface area contributed by atoms with Gasteiger partial charge < -0.3 is 5.32 Å². The van der Waals surface area contributed by atoms with Crippen molar-refractivity contribution >= 4 is 21.6 Å². The molecule has 1 unspecified atom stereocenters. The molecule has 2 N–H and O–H groups in total. The fraction of sp³-hybridized carbons (Fsp3) is 0.381. The number of rotatable bonds is 6. The molecule has 1 amide bonds. The third-order valence-electron chi connectivity index (χ3n) is 4.42. The van der Waals surface area contributed by atoms with Gasteiger partial charge in [0.25, 0.3) is 5.91 Å². The zero-order valence-electron chi connectivity index (χ0n) is 16.5. The van der Waals surface area contributed by atoms with Crippen molar-refractivity contribution in [2.45, 2.75) is 46.1 Å². The first kappa shape index (κ1) is 21.0. The van der Waals surface area contributed by atoms with Crippen molar-refractivity contribution in [2.24, 2.45) is 0 Å². The molecular formula is C21H28N2O3S. The molecule has 2 rings (SSSR count). The number of sulfonamides is 1. The Labute approximate surface area is 162 Å². The molecule has 0 saturated heterocycles. The zero-order chi connectivity index (χ0) is 20.2. The van der Waals surface area contributed by atoms with E-state index in [0.717, 1.165) is 5.56 Å². The van der Waals surface area contributed by atoms with Gasteiger partial charge in [0.1, 0.15) is 0 Å². The number of amides is 1. The molecule has 0 aliphatic carbocycles. The molecule has 0 bridgehead atoms. The first-order chi connectivity index (χ1) is 12.5. The molecule has 0 aliphatic heterocycles. The average molecular weight is 389 g/mol. The van der Waals surface area contributed by atoms with Crippen LogP contribution < -0.4 is 10.0 Å². The minimum absolute atomic E-state index is 0.000750. The lowest BCUT2D eigenvalue weighted by atomic mass is 9.86. The van der Waals surface area contributed by atoms with E-state index in [1.54, 1.807) is 31.2 Å². The smallest absolute Gasteiger partial charge is 0.251 e. The van der Waals surface area contributed by atoms with Crippen molar-refractivity contribution < 1.29 is 13.2 Å². The lowest BCUT2D eigenvalue weighted by Gasteiger charge is -2.20. The monoisotopic (exact) mass is 388 g/mol. The van der Waals surface area contributed by atoms with E-state index in [0.29, 0.717) is 11.3 Å². The molecule has 0 spiro atoms. The van der Waals surface area contributed by atoms with Crippen molar-refractivity contribution in [1.82, 2.24) is 5.32 Å². The van der Waals surface area contributed by atoms with Gasteiger partial charge in [0.2, 0.25) is 10.0 Å². The molecule has 0 fully saturated rings. The highest BCUT2D eigenvalue weighted by molar-refractivity contribution is 7.92. The third-order valence-corrected chi connectivity index (χ3v) is 5.73. The lowest BCUT2D eigenvalue weighted by Crippen LogP contribution is -2.26. The maximum absolute atomic E-state index is 12.5. The van der Waals surface area contributed by atoms with E-state index in [-0.39, 0.29) is 23.1 Å². The van der Waals surface area contributed by atoms with Crippen molar-refractivity contribution in [3.05, 3.63) is 65.2 Å². The van der Waals surface area contributed by atoms with Gasteiger partial charge in [-0.3, -0.25) is 9.52 Å². The summed E-state index contributed by atoms with van der Waals surface area (Å²) in [5.41, 5.74) is 3.29. The Morgan fingerprint density at radius 3 is 2.04 bits per heavy atom. The standard InChI is InChI=1S/C21H28N2O3S/c1-6-27(25,26)23-19-13-9-17(10-14-19)20(24)22-15(2)16-7-11-18(12-8-16)21(3,4)5/h7-15,23H,6H2,1-5H3,(H,22,24). The minimum Gasteiger partial charge on any atom is -0.346 e. The van der Waals surface area contributed by atoms with E-state index in [9.17, 15) is 13.2 Å². The number of hydrogen-bond acceptors (Lipinski definition) is 3. The summed E-state index contributed by atoms with van der Waals surface area (Å²) >= 11 is 0. The highest BCUT2D eigenvalue weighted by Crippen LogP contribution is 2.24. The summed E-state index contributed by atoms with van der Waals surface area (Å²) in [6.07, 6.45) is 0. The topological polar surface area (TPSA) is 75.3 Å². The van der Waals surface area contributed by atoms with Crippen LogP contribution in [0.3, 0.4) is 0 Å². The first-order valence-corrected chi connectivity index (χ1v) is 10.7. The van der Waals surface area contributed by atoms with Crippen LogP contribution in [0.2, 0.25) is 0 Å². The molecule has 0 saturated carbocycles. The molecule has 0 heterocycles. The quantitative estimate of drug-likeness (QED) is 0.777. The molecule has 0 aromatic heterocycles. The highest BCUT2D eigenvalue weighted by atomic mass is 32.2. The molecule has 6 heteroatoms. The summed E-state index contributed by atoms with van der Waals surface area (Å²) in [6, 6.07) is 14.5.